The first kappa shape index (κ1) is 6.81. The lowest BCUT2D eigenvalue weighted by atomic mass is 10.1. The summed E-state index contributed by atoms with van der Waals surface area (Å²) in [6.45, 7) is 1.88. The third-order valence-corrected chi connectivity index (χ3v) is 1.78. The molecule has 1 aliphatic rings. The van der Waals surface area contributed by atoms with Gasteiger partial charge < -0.3 is 0 Å². The van der Waals surface area contributed by atoms with Crippen molar-refractivity contribution in [2.45, 2.75) is 19.5 Å². The molecule has 0 saturated carbocycles. The van der Waals surface area contributed by atoms with Gasteiger partial charge in [-0.15, -0.1) is 0 Å². The lowest BCUT2D eigenvalue weighted by molar-refractivity contribution is 0.400. The third-order valence-electron chi connectivity index (χ3n) is 1.35. The first-order valence-electron chi connectivity index (χ1n) is 2.88. The first-order chi connectivity index (χ1) is 4.20. The van der Waals surface area contributed by atoms with Crippen molar-refractivity contribution in [3.05, 3.63) is 22.8 Å². The normalized spacial score (nSPS) is 27.2. The quantitative estimate of drug-likeness (QED) is 0.493. The van der Waals surface area contributed by atoms with Crippen molar-refractivity contribution in [1.29, 1.82) is 0 Å². The molecule has 0 aliphatic heterocycles. The number of hydrogen-bond acceptors (Lipinski definition) is 0. The molecule has 2 heteroatoms. The van der Waals surface area contributed by atoms with E-state index in [9.17, 15) is 4.39 Å². The molecule has 0 bridgehead atoms. The Hall–Kier alpha value is -0.300. The molecule has 0 aromatic heterocycles. The Morgan fingerprint density at radius 1 is 1.78 bits per heavy atom. The van der Waals surface area contributed by atoms with Crippen LogP contribution in [0, 0.1) is 0 Å². The van der Waals surface area contributed by atoms with E-state index in [1.165, 1.54) is 6.08 Å². The number of hydrogen-bond donors (Lipinski definition) is 0. The van der Waals surface area contributed by atoms with Crippen molar-refractivity contribution in [3.8, 4) is 0 Å². The predicted molar refractivity (Wildman–Crippen MR) is 37.2 cm³/mol. The highest BCUT2D eigenvalue weighted by atomic mass is 35.5. The van der Waals surface area contributed by atoms with E-state index in [4.69, 9.17) is 11.6 Å². The van der Waals surface area contributed by atoms with Gasteiger partial charge in [-0.05, 0) is 18.6 Å². The second kappa shape index (κ2) is 2.53. The summed E-state index contributed by atoms with van der Waals surface area (Å²) in [5, 5.41) is 0.550. The van der Waals surface area contributed by atoms with Gasteiger partial charge in [-0.25, -0.2) is 4.39 Å². The van der Waals surface area contributed by atoms with Crippen LogP contribution in [0.15, 0.2) is 22.8 Å². The van der Waals surface area contributed by atoms with E-state index >= 15 is 0 Å². The number of halogens is 2. The SMILES string of the molecule is CC1=CCC(F)C=C1Cl. The molecule has 0 spiro atoms. The van der Waals surface area contributed by atoms with Crippen molar-refractivity contribution < 1.29 is 4.39 Å². The number of allylic oxidation sites excluding steroid dienone is 4. The van der Waals surface area contributed by atoms with Crippen LogP contribution >= 0.6 is 11.6 Å². The molecule has 1 atom stereocenters. The van der Waals surface area contributed by atoms with Crippen molar-refractivity contribution in [1.82, 2.24) is 0 Å². The molecule has 50 valence electrons. The molecule has 1 unspecified atom stereocenters. The zero-order valence-corrected chi connectivity index (χ0v) is 5.95. The van der Waals surface area contributed by atoms with Crippen molar-refractivity contribution >= 4 is 11.6 Å². The van der Waals surface area contributed by atoms with Gasteiger partial charge in [-0.2, -0.15) is 0 Å². The van der Waals surface area contributed by atoms with Gasteiger partial charge in [0.25, 0.3) is 0 Å². The van der Waals surface area contributed by atoms with Crippen LogP contribution in [0.2, 0.25) is 0 Å². The fourth-order valence-electron chi connectivity index (χ4n) is 0.745. The Morgan fingerprint density at radius 3 is 2.89 bits per heavy atom. The first-order valence-corrected chi connectivity index (χ1v) is 3.26. The van der Waals surface area contributed by atoms with E-state index in [0.29, 0.717) is 11.5 Å². The number of alkyl halides is 1. The van der Waals surface area contributed by atoms with Crippen LogP contribution in [0.3, 0.4) is 0 Å². The van der Waals surface area contributed by atoms with E-state index in [1.54, 1.807) is 0 Å². The van der Waals surface area contributed by atoms with Crippen LogP contribution in [0.1, 0.15) is 13.3 Å². The third kappa shape index (κ3) is 1.55. The van der Waals surface area contributed by atoms with Gasteiger partial charge in [-0.3, -0.25) is 0 Å². The zero-order chi connectivity index (χ0) is 6.85. The summed E-state index contributed by atoms with van der Waals surface area (Å²) < 4.78 is 12.4. The largest absolute Gasteiger partial charge is 0.243 e. The van der Waals surface area contributed by atoms with Gasteiger partial charge in [0.15, 0.2) is 0 Å². The van der Waals surface area contributed by atoms with Crippen molar-refractivity contribution in [3.63, 3.8) is 0 Å². The second-order valence-electron chi connectivity index (χ2n) is 2.15. The molecule has 1 rings (SSSR count). The summed E-state index contributed by atoms with van der Waals surface area (Å²) in [6, 6.07) is 0. The smallest absolute Gasteiger partial charge is 0.123 e. The van der Waals surface area contributed by atoms with Gasteiger partial charge in [0.1, 0.15) is 6.17 Å². The molecule has 0 fully saturated rings. The maximum Gasteiger partial charge on any atom is 0.123 e. The van der Waals surface area contributed by atoms with Crippen LogP contribution in [0.25, 0.3) is 0 Å². The van der Waals surface area contributed by atoms with Crippen molar-refractivity contribution in [2.75, 3.05) is 0 Å². The summed E-state index contributed by atoms with van der Waals surface area (Å²) >= 11 is 5.61. The molecule has 0 aromatic carbocycles. The molecule has 1 aliphatic carbocycles. The van der Waals surface area contributed by atoms with Crippen LogP contribution in [-0.2, 0) is 0 Å². The van der Waals surface area contributed by atoms with E-state index in [1.807, 2.05) is 13.0 Å². The average molecular weight is 147 g/mol. The fraction of sp³-hybridized carbons (Fsp3) is 0.429. The van der Waals surface area contributed by atoms with E-state index in [2.05, 4.69) is 0 Å². The highest BCUT2D eigenvalue weighted by molar-refractivity contribution is 6.32. The summed E-state index contributed by atoms with van der Waals surface area (Å²) in [6.07, 6.45) is 2.85. The van der Waals surface area contributed by atoms with E-state index in [-0.39, 0.29) is 0 Å². The molecule has 0 saturated heterocycles. The predicted octanol–water partition coefficient (Wildman–Crippen LogP) is 2.80. The minimum atomic E-state index is -0.874. The average Bonchev–Trinajstić information content (AvgIpc) is 1.80. The highest BCUT2D eigenvalue weighted by Gasteiger charge is 2.08. The summed E-state index contributed by atoms with van der Waals surface area (Å²) in [7, 11) is 0. The minimum absolute atomic E-state index is 0.474. The van der Waals surface area contributed by atoms with Crippen molar-refractivity contribution in [2.24, 2.45) is 0 Å². The molecule has 9 heavy (non-hydrogen) atoms. The zero-order valence-electron chi connectivity index (χ0n) is 5.20. The van der Waals surface area contributed by atoms with Gasteiger partial charge in [0, 0.05) is 11.5 Å². The Labute approximate surface area is 59.0 Å². The van der Waals surface area contributed by atoms with Gasteiger partial charge in [0.2, 0.25) is 0 Å². The van der Waals surface area contributed by atoms with E-state index < -0.39 is 6.17 Å². The van der Waals surface area contributed by atoms with E-state index in [0.717, 1.165) is 5.57 Å². The number of rotatable bonds is 0. The molecule has 0 nitrogen and oxygen atoms in total. The molecular formula is C7H8ClF. The monoisotopic (exact) mass is 146 g/mol. The molecule has 0 aromatic rings. The Kier molecular flexibility index (Phi) is 1.91. The van der Waals surface area contributed by atoms with Gasteiger partial charge in [0.05, 0.1) is 0 Å². The lowest BCUT2D eigenvalue weighted by Crippen LogP contribution is -1.99. The summed E-state index contributed by atoms with van der Waals surface area (Å²) in [4.78, 5) is 0. The fourth-order valence-corrected chi connectivity index (χ4v) is 0.959. The van der Waals surface area contributed by atoms with Crippen LogP contribution in [0.4, 0.5) is 4.39 Å². The highest BCUT2D eigenvalue weighted by Crippen LogP contribution is 2.22. The summed E-state index contributed by atoms with van der Waals surface area (Å²) in [5.74, 6) is 0. The Bertz CT molecular complexity index is 170. The molecule has 0 amide bonds. The maximum atomic E-state index is 12.4. The molecule has 0 heterocycles. The standard InChI is InChI=1S/C7H8ClF/c1-5-2-3-6(9)4-7(5)8/h2,4,6H,3H2,1H3. The molecule has 0 radical (unpaired) electrons. The minimum Gasteiger partial charge on any atom is -0.243 e. The maximum absolute atomic E-state index is 12.4. The van der Waals surface area contributed by atoms with Gasteiger partial charge in [-0.1, -0.05) is 17.7 Å². The van der Waals surface area contributed by atoms with Crippen LogP contribution in [0.5, 0.6) is 0 Å². The van der Waals surface area contributed by atoms with Gasteiger partial charge >= 0.3 is 0 Å². The molecule has 0 N–H and O–H groups in total. The Balaban J connectivity index is 2.75. The van der Waals surface area contributed by atoms with Crippen LogP contribution < -0.4 is 0 Å². The second-order valence-corrected chi connectivity index (χ2v) is 2.56. The molecular weight excluding hydrogens is 139 g/mol. The Morgan fingerprint density at radius 2 is 2.44 bits per heavy atom. The van der Waals surface area contributed by atoms with Crippen LogP contribution in [-0.4, -0.2) is 6.17 Å². The lowest BCUT2D eigenvalue weighted by Gasteiger charge is -2.08. The topological polar surface area (TPSA) is 0 Å². The summed E-state index contributed by atoms with van der Waals surface area (Å²) in [5.41, 5.74) is 0.977.